The van der Waals surface area contributed by atoms with Crippen LogP contribution in [0.3, 0.4) is 0 Å². The van der Waals surface area contributed by atoms with Gasteiger partial charge in [-0.2, -0.15) is 0 Å². The summed E-state index contributed by atoms with van der Waals surface area (Å²) in [5, 5.41) is 3.79. The molecule has 1 aliphatic carbocycles. The second-order valence-corrected chi connectivity index (χ2v) is 6.29. The molecule has 21 heavy (non-hydrogen) atoms. The average molecular weight is 292 g/mol. The molecule has 1 saturated heterocycles. The van der Waals surface area contributed by atoms with Crippen LogP contribution in [0.4, 0.5) is 8.78 Å². The predicted octanol–water partition coefficient (Wildman–Crippen LogP) is 3.88. The first-order valence-electron chi connectivity index (χ1n) is 7.29. The highest BCUT2D eigenvalue weighted by molar-refractivity contribution is 5.18. The number of azide groups is 1. The third-order valence-electron chi connectivity index (χ3n) is 4.89. The molecular weight excluding hydrogens is 274 g/mol. The molecule has 0 aromatic heterocycles. The van der Waals surface area contributed by atoms with E-state index in [9.17, 15) is 8.78 Å². The fourth-order valence-corrected chi connectivity index (χ4v) is 4.04. The van der Waals surface area contributed by atoms with Crippen LogP contribution < -0.4 is 0 Å². The second-order valence-electron chi connectivity index (χ2n) is 6.29. The summed E-state index contributed by atoms with van der Waals surface area (Å²) in [7, 11) is 0. The molecule has 0 amide bonds. The molecule has 1 aliphatic heterocycles. The molecule has 3 rings (SSSR count). The second kappa shape index (κ2) is 5.62. The van der Waals surface area contributed by atoms with Gasteiger partial charge >= 0.3 is 0 Å². The van der Waals surface area contributed by atoms with Crippen LogP contribution in [0.15, 0.2) is 23.3 Å². The van der Waals surface area contributed by atoms with Gasteiger partial charge in [-0.25, -0.2) is 8.78 Å². The maximum Gasteiger partial charge on any atom is 0.126 e. The van der Waals surface area contributed by atoms with Crippen molar-refractivity contribution < 1.29 is 8.78 Å². The maximum absolute atomic E-state index is 13.3. The monoisotopic (exact) mass is 292 g/mol. The highest BCUT2D eigenvalue weighted by Gasteiger charge is 2.48. The van der Waals surface area contributed by atoms with Crippen LogP contribution in [0.25, 0.3) is 10.4 Å². The van der Waals surface area contributed by atoms with Crippen molar-refractivity contribution in [1.82, 2.24) is 4.90 Å². The summed E-state index contributed by atoms with van der Waals surface area (Å²) in [5.74, 6) is -0.539. The van der Waals surface area contributed by atoms with E-state index < -0.39 is 11.6 Å². The zero-order valence-corrected chi connectivity index (χ0v) is 11.8. The molecule has 1 saturated carbocycles. The molecule has 0 spiro atoms. The van der Waals surface area contributed by atoms with Crippen LogP contribution in [0, 0.1) is 23.0 Å². The average Bonchev–Trinajstić information content (AvgIpc) is 2.91. The molecule has 1 aromatic carbocycles. The summed E-state index contributed by atoms with van der Waals surface area (Å²) in [6.07, 6.45) is 3.40. The first-order valence-corrected chi connectivity index (χ1v) is 7.29. The van der Waals surface area contributed by atoms with Gasteiger partial charge in [-0.15, -0.1) is 0 Å². The number of fused-ring (bicyclic) bond motifs is 1. The van der Waals surface area contributed by atoms with E-state index in [-0.39, 0.29) is 5.41 Å². The molecule has 2 atom stereocenters. The van der Waals surface area contributed by atoms with Gasteiger partial charge in [0.15, 0.2) is 0 Å². The largest absolute Gasteiger partial charge is 0.298 e. The Morgan fingerprint density at radius 1 is 1.33 bits per heavy atom. The van der Waals surface area contributed by atoms with Crippen molar-refractivity contribution in [1.29, 1.82) is 0 Å². The number of halogens is 2. The van der Waals surface area contributed by atoms with Crippen molar-refractivity contribution in [3.63, 3.8) is 0 Å². The molecule has 2 aliphatic rings. The van der Waals surface area contributed by atoms with Gasteiger partial charge in [0, 0.05) is 37.2 Å². The molecule has 0 radical (unpaired) electrons. The van der Waals surface area contributed by atoms with Crippen molar-refractivity contribution in [3.8, 4) is 0 Å². The summed E-state index contributed by atoms with van der Waals surface area (Å²) in [4.78, 5) is 5.12. The number of hydrogen-bond donors (Lipinski definition) is 0. The summed E-state index contributed by atoms with van der Waals surface area (Å²) >= 11 is 0. The minimum absolute atomic E-state index is 0.0676. The summed E-state index contributed by atoms with van der Waals surface area (Å²) < 4.78 is 26.5. The molecule has 1 heterocycles. The van der Waals surface area contributed by atoms with Crippen molar-refractivity contribution in [2.45, 2.75) is 25.8 Å². The molecule has 0 N–H and O–H groups in total. The van der Waals surface area contributed by atoms with Crippen LogP contribution in [0.2, 0.25) is 0 Å². The molecule has 2 fully saturated rings. The Balaban J connectivity index is 1.72. The molecule has 0 bridgehead atoms. The minimum Gasteiger partial charge on any atom is -0.298 e. The SMILES string of the molecule is [N-]=[N+]=NCC12CCCC1CN(Cc1cc(F)cc(F)c1)C2. The topological polar surface area (TPSA) is 52.0 Å². The Morgan fingerprint density at radius 2 is 2.10 bits per heavy atom. The first-order chi connectivity index (χ1) is 10.1. The smallest absolute Gasteiger partial charge is 0.126 e. The van der Waals surface area contributed by atoms with Gasteiger partial charge < -0.3 is 0 Å². The van der Waals surface area contributed by atoms with E-state index in [1.165, 1.54) is 18.6 Å². The summed E-state index contributed by atoms with van der Waals surface area (Å²) in [5.41, 5.74) is 9.29. The van der Waals surface area contributed by atoms with Crippen molar-refractivity contribution in [2.75, 3.05) is 19.6 Å². The quantitative estimate of drug-likeness (QED) is 0.472. The Bertz CT molecular complexity index is 565. The number of benzene rings is 1. The standard InChI is InChI=1S/C15H18F2N4/c16-13-4-11(5-14(17)6-13)7-21-8-12-2-1-3-15(12,10-21)9-19-20-18/h4-6,12H,1-3,7-10H2. The Kier molecular flexibility index (Phi) is 3.83. The molecule has 1 aromatic rings. The van der Waals surface area contributed by atoms with Gasteiger partial charge in [0.2, 0.25) is 0 Å². The van der Waals surface area contributed by atoms with Crippen molar-refractivity contribution in [3.05, 3.63) is 45.8 Å². The van der Waals surface area contributed by atoms with E-state index in [1.807, 2.05) is 0 Å². The fourth-order valence-electron chi connectivity index (χ4n) is 4.04. The minimum atomic E-state index is -0.534. The van der Waals surface area contributed by atoms with Crippen LogP contribution in [-0.4, -0.2) is 24.5 Å². The van der Waals surface area contributed by atoms with E-state index in [4.69, 9.17) is 5.53 Å². The van der Waals surface area contributed by atoms with Crippen LogP contribution in [-0.2, 0) is 6.54 Å². The van der Waals surface area contributed by atoms with E-state index in [0.717, 1.165) is 32.0 Å². The highest BCUT2D eigenvalue weighted by atomic mass is 19.1. The van der Waals surface area contributed by atoms with Crippen LogP contribution in [0.1, 0.15) is 24.8 Å². The Hall–Kier alpha value is -1.65. The van der Waals surface area contributed by atoms with Gasteiger partial charge in [-0.3, -0.25) is 4.90 Å². The number of nitrogens with zero attached hydrogens (tertiary/aromatic N) is 4. The lowest BCUT2D eigenvalue weighted by Crippen LogP contribution is -2.30. The third kappa shape index (κ3) is 2.87. The molecular formula is C15H18F2N4. The van der Waals surface area contributed by atoms with Crippen molar-refractivity contribution in [2.24, 2.45) is 16.4 Å². The number of likely N-dealkylation sites (tertiary alicyclic amines) is 1. The molecule has 2 unspecified atom stereocenters. The summed E-state index contributed by atoms with van der Waals surface area (Å²) in [6, 6.07) is 3.67. The van der Waals surface area contributed by atoms with E-state index >= 15 is 0 Å². The fraction of sp³-hybridized carbons (Fsp3) is 0.600. The van der Waals surface area contributed by atoms with E-state index in [1.54, 1.807) is 0 Å². The van der Waals surface area contributed by atoms with Crippen LogP contribution >= 0.6 is 0 Å². The van der Waals surface area contributed by atoms with E-state index in [0.29, 0.717) is 24.6 Å². The third-order valence-corrected chi connectivity index (χ3v) is 4.89. The number of hydrogen-bond acceptors (Lipinski definition) is 2. The zero-order valence-electron chi connectivity index (χ0n) is 11.8. The number of rotatable bonds is 4. The lowest BCUT2D eigenvalue weighted by Gasteiger charge is -2.26. The zero-order chi connectivity index (χ0) is 14.9. The van der Waals surface area contributed by atoms with Gasteiger partial charge in [0.1, 0.15) is 11.6 Å². The normalized spacial score (nSPS) is 28.4. The van der Waals surface area contributed by atoms with Crippen molar-refractivity contribution >= 4 is 0 Å². The van der Waals surface area contributed by atoms with E-state index in [2.05, 4.69) is 14.9 Å². The van der Waals surface area contributed by atoms with Crippen LogP contribution in [0.5, 0.6) is 0 Å². The predicted molar refractivity (Wildman–Crippen MR) is 75.4 cm³/mol. The lowest BCUT2D eigenvalue weighted by molar-refractivity contribution is 0.245. The molecule has 4 nitrogen and oxygen atoms in total. The van der Waals surface area contributed by atoms with Gasteiger partial charge in [0.05, 0.1) is 0 Å². The Morgan fingerprint density at radius 3 is 2.81 bits per heavy atom. The van der Waals surface area contributed by atoms with Gasteiger partial charge in [-0.05, 0) is 47.4 Å². The Labute approximate surface area is 122 Å². The molecule has 6 heteroatoms. The van der Waals surface area contributed by atoms with Gasteiger partial charge in [-0.1, -0.05) is 11.5 Å². The first kappa shape index (κ1) is 14.3. The highest BCUT2D eigenvalue weighted by Crippen LogP contribution is 2.49. The van der Waals surface area contributed by atoms with Gasteiger partial charge in [0.25, 0.3) is 0 Å². The lowest BCUT2D eigenvalue weighted by atomic mass is 9.81. The maximum atomic E-state index is 13.3. The summed E-state index contributed by atoms with van der Waals surface area (Å²) in [6.45, 7) is 2.83. The molecule has 112 valence electrons.